The molecule has 0 aliphatic heterocycles. The maximum atomic E-state index is 13.3. The monoisotopic (exact) mass is 539 g/mol. The minimum atomic E-state index is -0.424. The van der Waals surface area contributed by atoms with Gasteiger partial charge in [-0.05, 0) is 63.1 Å². The normalized spacial score (nSPS) is 10.5. The van der Waals surface area contributed by atoms with Gasteiger partial charge >= 0.3 is 5.97 Å². The fourth-order valence-electron chi connectivity index (χ4n) is 4.08. The first-order valence-corrected chi connectivity index (χ1v) is 12.6. The number of hydrogen-bond acceptors (Lipinski definition) is 9. The third-order valence-electron chi connectivity index (χ3n) is 5.83. The Morgan fingerprint density at radius 3 is 2.48 bits per heavy atom. The number of nitriles is 1. The number of aryl methyl sites for hydroxylation is 3. The largest absolute Gasteiger partial charge is 0.465 e. The van der Waals surface area contributed by atoms with Crippen LogP contribution in [0.5, 0.6) is 11.5 Å². The van der Waals surface area contributed by atoms with Crippen molar-refractivity contribution in [3.8, 4) is 17.6 Å². The van der Waals surface area contributed by atoms with E-state index in [9.17, 15) is 9.59 Å². The highest BCUT2D eigenvalue weighted by Crippen LogP contribution is 2.33. The number of nitrogens with zero attached hydrogens (tertiary/aromatic N) is 5. The van der Waals surface area contributed by atoms with Gasteiger partial charge in [0.2, 0.25) is 0 Å². The SMILES string of the molecule is CCOC(=O)Cn1cc(CNC(=O)c2cnc(Nc3ccc(C#N)cc3)cc2Oc2c(C)cc(C)cc2C)nn1. The van der Waals surface area contributed by atoms with Crippen molar-refractivity contribution in [2.24, 2.45) is 0 Å². The molecule has 0 saturated carbocycles. The average molecular weight is 540 g/mol. The van der Waals surface area contributed by atoms with Crippen LogP contribution >= 0.6 is 0 Å². The molecule has 2 N–H and O–H groups in total. The van der Waals surface area contributed by atoms with Gasteiger partial charge in [0.25, 0.3) is 5.91 Å². The number of ether oxygens (including phenoxy) is 2. The Morgan fingerprint density at radius 1 is 1.07 bits per heavy atom. The summed E-state index contributed by atoms with van der Waals surface area (Å²) in [7, 11) is 0. The predicted octanol–water partition coefficient (Wildman–Crippen LogP) is 4.50. The summed E-state index contributed by atoms with van der Waals surface area (Å²) in [6.07, 6.45) is 3.00. The molecule has 0 saturated heterocycles. The summed E-state index contributed by atoms with van der Waals surface area (Å²) >= 11 is 0. The smallest absolute Gasteiger partial charge is 0.327 e. The lowest BCUT2D eigenvalue weighted by atomic mass is 10.1. The van der Waals surface area contributed by atoms with Crippen LogP contribution < -0.4 is 15.4 Å². The molecular formula is C29H29N7O4. The Labute approximate surface area is 231 Å². The highest BCUT2D eigenvalue weighted by atomic mass is 16.5. The number of aromatic nitrogens is 4. The highest BCUT2D eigenvalue weighted by Gasteiger charge is 2.18. The minimum Gasteiger partial charge on any atom is -0.465 e. The maximum Gasteiger partial charge on any atom is 0.327 e. The summed E-state index contributed by atoms with van der Waals surface area (Å²) in [5, 5.41) is 22.9. The van der Waals surface area contributed by atoms with Crippen LogP contribution in [0.15, 0.2) is 54.9 Å². The van der Waals surface area contributed by atoms with Crippen molar-refractivity contribution in [1.82, 2.24) is 25.3 Å². The van der Waals surface area contributed by atoms with E-state index in [1.165, 1.54) is 10.9 Å². The minimum absolute atomic E-state index is 0.0698. The molecule has 1 amide bonds. The van der Waals surface area contributed by atoms with Crippen LogP contribution in [0, 0.1) is 32.1 Å². The van der Waals surface area contributed by atoms with Crippen molar-refractivity contribution in [3.05, 3.63) is 88.4 Å². The summed E-state index contributed by atoms with van der Waals surface area (Å²) in [4.78, 5) is 29.3. The third kappa shape index (κ3) is 6.99. The van der Waals surface area contributed by atoms with E-state index in [1.54, 1.807) is 43.5 Å². The molecular weight excluding hydrogens is 510 g/mol. The van der Waals surface area contributed by atoms with Gasteiger partial charge in [-0.15, -0.1) is 5.10 Å². The Morgan fingerprint density at radius 2 is 1.80 bits per heavy atom. The first-order chi connectivity index (χ1) is 19.2. The molecule has 2 aromatic carbocycles. The van der Waals surface area contributed by atoms with Crippen LogP contribution in [0.4, 0.5) is 11.5 Å². The van der Waals surface area contributed by atoms with E-state index in [-0.39, 0.29) is 25.3 Å². The van der Waals surface area contributed by atoms with Crippen LogP contribution in [0.3, 0.4) is 0 Å². The highest BCUT2D eigenvalue weighted by molar-refractivity contribution is 5.97. The molecule has 0 atom stereocenters. The van der Waals surface area contributed by atoms with Gasteiger partial charge in [-0.1, -0.05) is 22.9 Å². The van der Waals surface area contributed by atoms with Crippen molar-refractivity contribution >= 4 is 23.4 Å². The van der Waals surface area contributed by atoms with E-state index in [1.807, 2.05) is 32.9 Å². The fraction of sp³-hybridized carbons (Fsp3) is 0.241. The lowest BCUT2D eigenvalue weighted by Crippen LogP contribution is -2.24. The number of nitrogens with one attached hydrogen (secondary N) is 2. The molecule has 0 bridgehead atoms. The van der Waals surface area contributed by atoms with Gasteiger partial charge in [0.1, 0.15) is 35.1 Å². The van der Waals surface area contributed by atoms with E-state index in [4.69, 9.17) is 14.7 Å². The van der Waals surface area contributed by atoms with Crippen molar-refractivity contribution in [3.63, 3.8) is 0 Å². The lowest BCUT2D eigenvalue weighted by Gasteiger charge is -2.16. The lowest BCUT2D eigenvalue weighted by molar-refractivity contribution is -0.144. The summed E-state index contributed by atoms with van der Waals surface area (Å²) < 4.78 is 12.6. The van der Waals surface area contributed by atoms with Crippen molar-refractivity contribution in [2.75, 3.05) is 11.9 Å². The molecule has 204 valence electrons. The van der Waals surface area contributed by atoms with Gasteiger partial charge in [0.15, 0.2) is 0 Å². The molecule has 0 spiro atoms. The number of pyridine rings is 1. The molecule has 2 heterocycles. The number of hydrogen-bond donors (Lipinski definition) is 2. The topological polar surface area (TPSA) is 144 Å². The first-order valence-electron chi connectivity index (χ1n) is 12.6. The molecule has 11 heteroatoms. The van der Waals surface area contributed by atoms with E-state index < -0.39 is 11.9 Å². The van der Waals surface area contributed by atoms with Crippen LogP contribution in [0.25, 0.3) is 0 Å². The zero-order valence-electron chi connectivity index (χ0n) is 22.7. The number of rotatable bonds is 10. The number of benzene rings is 2. The van der Waals surface area contributed by atoms with Crippen LogP contribution in [0.2, 0.25) is 0 Å². The molecule has 40 heavy (non-hydrogen) atoms. The van der Waals surface area contributed by atoms with Crippen LogP contribution in [-0.2, 0) is 22.6 Å². The van der Waals surface area contributed by atoms with Crippen molar-refractivity contribution < 1.29 is 19.1 Å². The zero-order chi connectivity index (χ0) is 28.6. The van der Waals surface area contributed by atoms with Gasteiger partial charge in [0.05, 0.1) is 31.0 Å². The summed E-state index contributed by atoms with van der Waals surface area (Å²) in [5.74, 6) is 0.573. The van der Waals surface area contributed by atoms with Gasteiger partial charge in [0, 0.05) is 18.0 Å². The molecule has 4 aromatic rings. The molecule has 0 unspecified atom stereocenters. The van der Waals surface area contributed by atoms with E-state index in [0.29, 0.717) is 28.6 Å². The Kier molecular flexibility index (Phi) is 8.71. The molecule has 0 fully saturated rings. The molecule has 0 radical (unpaired) electrons. The van der Waals surface area contributed by atoms with E-state index in [0.717, 1.165) is 22.4 Å². The zero-order valence-corrected chi connectivity index (χ0v) is 22.7. The quantitative estimate of drug-likeness (QED) is 0.278. The third-order valence-corrected chi connectivity index (χ3v) is 5.83. The summed E-state index contributed by atoms with van der Waals surface area (Å²) in [5.41, 5.74) is 4.93. The van der Waals surface area contributed by atoms with Gasteiger partial charge < -0.3 is 20.1 Å². The van der Waals surface area contributed by atoms with Crippen LogP contribution in [0.1, 0.15) is 45.2 Å². The second-order valence-corrected chi connectivity index (χ2v) is 9.10. The van der Waals surface area contributed by atoms with E-state index >= 15 is 0 Å². The van der Waals surface area contributed by atoms with Gasteiger partial charge in [-0.25, -0.2) is 9.67 Å². The summed E-state index contributed by atoms with van der Waals surface area (Å²) in [6.45, 7) is 7.92. The van der Waals surface area contributed by atoms with Crippen molar-refractivity contribution in [1.29, 1.82) is 5.26 Å². The Balaban J connectivity index is 1.56. The molecule has 0 aliphatic carbocycles. The van der Waals surface area contributed by atoms with E-state index in [2.05, 4.69) is 32.0 Å². The predicted molar refractivity (Wildman–Crippen MR) is 147 cm³/mol. The Hall–Kier alpha value is -5.24. The first kappa shape index (κ1) is 27.8. The molecule has 4 rings (SSSR count). The fourth-order valence-corrected chi connectivity index (χ4v) is 4.08. The maximum absolute atomic E-state index is 13.3. The summed E-state index contributed by atoms with van der Waals surface area (Å²) in [6, 6.07) is 14.7. The average Bonchev–Trinajstić information content (AvgIpc) is 3.37. The standard InChI is InChI=1S/C29H29N7O4/c1-5-39-27(37)17-36-16-23(34-35-36)14-32-29(38)24-15-31-26(33-22-8-6-21(13-30)7-9-22)12-25(24)40-28-19(3)10-18(2)11-20(28)4/h6-12,15-16H,5,14,17H2,1-4H3,(H,31,33)(H,32,38). The number of amides is 1. The number of carbonyl (C=O) groups is 2. The van der Waals surface area contributed by atoms with Gasteiger partial charge in [-0.3, -0.25) is 9.59 Å². The number of esters is 1. The molecule has 2 aromatic heterocycles. The number of carbonyl (C=O) groups excluding carboxylic acids is 2. The molecule has 11 nitrogen and oxygen atoms in total. The number of anilines is 2. The second kappa shape index (κ2) is 12.5. The Bertz CT molecular complexity index is 1550. The van der Waals surface area contributed by atoms with Gasteiger partial charge in [-0.2, -0.15) is 5.26 Å². The second-order valence-electron chi connectivity index (χ2n) is 9.10. The molecule has 0 aliphatic rings. The van der Waals surface area contributed by atoms with Crippen molar-refractivity contribution in [2.45, 2.75) is 40.8 Å². The van der Waals surface area contributed by atoms with Crippen LogP contribution in [-0.4, -0.2) is 38.5 Å².